The van der Waals surface area contributed by atoms with Gasteiger partial charge in [-0.15, -0.1) is 0 Å². The first kappa shape index (κ1) is 15.9. The number of carbonyl (C=O) groups excluding carboxylic acids is 2. The number of rotatable bonds is 2. The van der Waals surface area contributed by atoms with Crippen LogP contribution in [-0.2, 0) is 19.1 Å². The fraction of sp³-hybridized carbons (Fsp3) is 0.200. The van der Waals surface area contributed by atoms with Crippen molar-refractivity contribution < 1.29 is 19.1 Å². The summed E-state index contributed by atoms with van der Waals surface area (Å²) in [5, 5.41) is 16.0. The lowest BCUT2D eigenvalue weighted by Gasteiger charge is -1.89. The zero-order chi connectivity index (χ0) is 13.1. The van der Waals surface area contributed by atoms with Crippen molar-refractivity contribution in [3.8, 4) is 12.1 Å². The molecule has 0 unspecified atom stereocenters. The summed E-state index contributed by atoms with van der Waals surface area (Å²) in [5.74, 6) is -1.35. The molecule has 0 atom stereocenters. The zero-order valence-electron chi connectivity index (χ0n) is 8.94. The third-order valence-corrected chi connectivity index (χ3v) is 1.13. The Morgan fingerprint density at radius 3 is 1.25 bits per heavy atom. The second-order valence-corrected chi connectivity index (χ2v) is 2.16. The van der Waals surface area contributed by atoms with E-state index in [9.17, 15) is 9.59 Å². The summed E-state index contributed by atoms with van der Waals surface area (Å²) in [6.45, 7) is 6.22. The highest BCUT2D eigenvalue weighted by molar-refractivity contribution is 5.92. The highest BCUT2D eigenvalue weighted by atomic mass is 16.5. The number of hydrogen-bond acceptors (Lipinski definition) is 6. The van der Waals surface area contributed by atoms with Crippen LogP contribution in [0, 0.1) is 22.7 Å². The Bertz CT molecular complexity index is 347. The Balaban J connectivity index is 0. The van der Waals surface area contributed by atoms with E-state index in [1.807, 2.05) is 0 Å². The Labute approximate surface area is 93.0 Å². The molecule has 0 saturated heterocycles. The Hall–Kier alpha value is -2.60. The third-order valence-electron chi connectivity index (χ3n) is 1.13. The van der Waals surface area contributed by atoms with Gasteiger partial charge in [-0.3, -0.25) is 0 Å². The van der Waals surface area contributed by atoms with Crippen molar-refractivity contribution in [3.63, 3.8) is 0 Å². The van der Waals surface area contributed by atoms with Gasteiger partial charge in [-0.2, -0.15) is 10.5 Å². The molecular weight excluding hydrogens is 212 g/mol. The maximum absolute atomic E-state index is 10.2. The molecule has 6 nitrogen and oxygen atoms in total. The summed E-state index contributed by atoms with van der Waals surface area (Å²) < 4.78 is 8.28. The number of hydrogen-bond donors (Lipinski definition) is 0. The topological polar surface area (TPSA) is 100 Å². The van der Waals surface area contributed by atoms with Crippen LogP contribution in [-0.4, -0.2) is 26.2 Å². The Morgan fingerprint density at radius 2 is 1.19 bits per heavy atom. The first-order valence-corrected chi connectivity index (χ1v) is 3.79. The van der Waals surface area contributed by atoms with Gasteiger partial charge in [0.1, 0.15) is 23.3 Å². The SMILES string of the molecule is C=C(C#N)C(=O)OC.C=C(C#N)C(=O)OC. The van der Waals surface area contributed by atoms with E-state index in [4.69, 9.17) is 10.5 Å². The van der Waals surface area contributed by atoms with Crippen LogP contribution in [0.1, 0.15) is 0 Å². The van der Waals surface area contributed by atoms with Gasteiger partial charge in [0.2, 0.25) is 0 Å². The maximum atomic E-state index is 10.2. The number of esters is 2. The van der Waals surface area contributed by atoms with E-state index in [1.54, 1.807) is 12.1 Å². The van der Waals surface area contributed by atoms with Crippen LogP contribution < -0.4 is 0 Å². The van der Waals surface area contributed by atoms with Gasteiger partial charge in [-0.1, -0.05) is 13.2 Å². The van der Waals surface area contributed by atoms with Crippen molar-refractivity contribution in [2.24, 2.45) is 0 Å². The molecule has 84 valence electrons. The van der Waals surface area contributed by atoms with Crippen LogP contribution >= 0.6 is 0 Å². The van der Waals surface area contributed by atoms with Gasteiger partial charge in [0.15, 0.2) is 0 Å². The summed E-state index contributed by atoms with van der Waals surface area (Å²) in [7, 11) is 2.40. The molecule has 0 heterocycles. The van der Waals surface area contributed by atoms with E-state index in [0.29, 0.717) is 0 Å². The monoisotopic (exact) mass is 222 g/mol. The second-order valence-electron chi connectivity index (χ2n) is 2.16. The van der Waals surface area contributed by atoms with Crippen molar-refractivity contribution in [2.75, 3.05) is 14.2 Å². The lowest BCUT2D eigenvalue weighted by atomic mass is 10.3. The molecule has 0 aromatic carbocycles. The van der Waals surface area contributed by atoms with Crippen molar-refractivity contribution in [1.29, 1.82) is 10.5 Å². The van der Waals surface area contributed by atoms with E-state index >= 15 is 0 Å². The van der Waals surface area contributed by atoms with Gasteiger partial charge >= 0.3 is 11.9 Å². The Morgan fingerprint density at radius 1 is 0.938 bits per heavy atom. The second kappa shape index (κ2) is 8.97. The molecule has 0 aromatic rings. The first-order valence-electron chi connectivity index (χ1n) is 3.79. The molecule has 0 aliphatic rings. The largest absolute Gasteiger partial charge is 0.465 e. The predicted octanol–water partition coefficient (Wildman–Crippen LogP) is 0.478. The van der Waals surface area contributed by atoms with Crippen LogP contribution in [0.4, 0.5) is 0 Å². The fourth-order valence-corrected chi connectivity index (χ4v) is 0.338. The van der Waals surface area contributed by atoms with Crippen molar-refractivity contribution >= 4 is 11.9 Å². The molecule has 0 aliphatic heterocycles. The summed E-state index contributed by atoms with van der Waals surface area (Å²) in [4.78, 5) is 20.4. The summed E-state index contributed by atoms with van der Waals surface area (Å²) in [6, 6.07) is 3.09. The molecule has 16 heavy (non-hydrogen) atoms. The third kappa shape index (κ3) is 6.87. The molecule has 0 fully saturated rings. The fourth-order valence-electron chi connectivity index (χ4n) is 0.338. The minimum atomic E-state index is -0.674. The zero-order valence-corrected chi connectivity index (χ0v) is 8.94. The number of methoxy groups -OCH3 is 2. The average Bonchev–Trinajstić information content (AvgIpc) is 2.35. The van der Waals surface area contributed by atoms with Gasteiger partial charge in [0.25, 0.3) is 0 Å². The molecule has 0 radical (unpaired) electrons. The molecule has 6 heteroatoms. The molecule has 0 saturated carbocycles. The molecule has 0 spiro atoms. The maximum Gasteiger partial charge on any atom is 0.347 e. The van der Waals surface area contributed by atoms with E-state index in [2.05, 4.69) is 22.6 Å². The summed E-state index contributed by atoms with van der Waals surface area (Å²) >= 11 is 0. The van der Waals surface area contributed by atoms with Crippen LogP contribution in [0.15, 0.2) is 24.3 Å². The molecule has 0 aliphatic carbocycles. The first-order chi connectivity index (χ1) is 7.44. The van der Waals surface area contributed by atoms with Crippen LogP contribution in [0.2, 0.25) is 0 Å². The van der Waals surface area contributed by atoms with Crippen molar-refractivity contribution in [3.05, 3.63) is 24.3 Å². The quantitative estimate of drug-likeness (QED) is 0.382. The number of carbonyl (C=O) groups is 2. The molecule has 0 bridgehead atoms. The molecule has 0 rings (SSSR count). The van der Waals surface area contributed by atoms with Crippen LogP contribution in [0.5, 0.6) is 0 Å². The highest BCUT2D eigenvalue weighted by Gasteiger charge is 2.02. The predicted molar refractivity (Wildman–Crippen MR) is 53.5 cm³/mol. The van der Waals surface area contributed by atoms with E-state index in [1.165, 1.54) is 14.2 Å². The van der Waals surface area contributed by atoms with Gasteiger partial charge in [0, 0.05) is 0 Å². The van der Waals surface area contributed by atoms with E-state index in [-0.39, 0.29) is 11.1 Å². The summed E-state index contributed by atoms with van der Waals surface area (Å²) in [6.07, 6.45) is 0. The lowest BCUT2D eigenvalue weighted by molar-refractivity contribution is -0.136. The molecule has 0 aromatic heterocycles. The smallest absolute Gasteiger partial charge is 0.347 e. The molecular formula is C10H10N2O4. The van der Waals surface area contributed by atoms with Crippen molar-refractivity contribution in [2.45, 2.75) is 0 Å². The number of nitriles is 2. The Kier molecular flexibility index (Phi) is 8.89. The van der Waals surface area contributed by atoms with E-state index in [0.717, 1.165) is 0 Å². The van der Waals surface area contributed by atoms with Gasteiger partial charge in [-0.05, 0) is 0 Å². The number of nitrogens with zero attached hydrogens (tertiary/aromatic N) is 2. The average molecular weight is 222 g/mol. The normalized spacial score (nSPS) is 7.00. The van der Waals surface area contributed by atoms with Gasteiger partial charge < -0.3 is 9.47 Å². The lowest BCUT2D eigenvalue weighted by Crippen LogP contribution is -2.00. The number of ether oxygens (including phenoxy) is 2. The minimum Gasteiger partial charge on any atom is -0.465 e. The minimum absolute atomic E-state index is 0.174. The van der Waals surface area contributed by atoms with Crippen LogP contribution in [0.3, 0.4) is 0 Å². The van der Waals surface area contributed by atoms with Crippen molar-refractivity contribution in [1.82, 2.24) is 0 Å². The van der Waals surface area contributed by atoms with Gasteiger partial charge in [-0.25, -0.2) is 9.59 Å². The summed E-state index contributed by atoms with van der Waals surface area (Å²) in [5.41, 5.74) is -0.347. The van der Waals surface area contributed by atoms with Gasteiger partial charge in [0.05, 0.1) is 14.2 Å². The molecule has 0 amide bonds. The highest BCUT2D eigenvalue weighted by Crippen LogP contribution is 1.88. The molecule has 0 N–H and O–H groups in total. The standard InChI is InChI=1S/2C5H5NO2/c2*1-4(3-6)5(7)8-2/h2*1H2,2H3. The van der Waals surface area contributed by atoms with E-state index < -0.39 is 11.9 Å². The van der Waals surface area contributed by atoms with Crippen LogP contribution in [0.25, 0.3) is 0 Å².